The Morgan fingerprint density at radius 1 is 1.16 bits per heavy atom. The maximum absolute atomic E-state index is 13.9. The first-order chi connectivity index (χ1) is 11.9. The largest absolute Gasteiger partial charge is 0.493 e. The van der Waals surface area contributed by atoms with Crippen molar-refractivity contribution >= 4 is 15.9 Å². The molecule has 2 aromatic rings. The Morgan fingerprint density at radius 3 is 2.52 bits per heavy atom. The molecule has 0 bridgehead atoms. The highest BCUT2D eigenvalue weighted by Gasteiger charge is 2.19. The second-order valence-corrected chi connectivity index (χ2v) is 7.38. The van der Waals surface area contributed by atoms with Gasteiger partial charge in [0.15, 0.2) is 11.5 Å². The molecule has 0 aliphatic rings. The molecule has 25 heavy (non-hydrogen) atoms. The lowest BCUT2D eigenvalue weighted by Crippen LogP contribution is -2.38. The van der Waals surface area contributed by atoms with E-state index in [4.69, 9.17) is 9.47 Å². The van der Waals surface area contributed by atoms with E-state index >= 15 is 0 Å². The highest BCUT2D eigenvalue weighted by Crippen LogP contribution is 2.37. The average Bonchev–Trinajstić information content (AvgIpc) is 2.60. The van der Waals surface area contributed by atoms with Crippen molar-refractivity contribution in [3.63, 3.8) is 0 Å². The molecule has 136 valence electrons. The van der Waals surface area contributed by atoms with E-state index in [9.17, 15) is 4.39 Å². The summed E-state index contributed by atoms with van der Waals surface area (Å²) < 4.78 is 26.2. The summed E-state index contributed by atoms with van der Waals surface area (Å²) in [4.78, 5) is 0. The smallest absolute Gasteiger partial charge is 0.167 e. The minimum absolute atomic E-state index is 0.00528. The number of rotatable bonds is 8. The van der Waals surface area contributed by atoms with E-state index in [1.807, 2.05) is 12.1 Å². The molecule has 0 aliphatic heterocycles. The minimum atomic E-state index is -0.275. The van der Waals surface area contributed by atoms with Gasteiger partial charge in [0.05, 0.1) is 7.11 Å². The van der Waals surface area contributed by atoms with Gasteiger partial charge in [0, 0.05) is 27.7 Å². The normalized spacial score (nSPS) is 11.4. The van der Waals surface area contributed by atoms with E-state index in [-0.39, 0.29) is 18.0 Å². The van der Waals surface area contributed by atoms with Crippen molar-refractivity contribution in [3.05, 3.63) is 57.8 Å². The van der Waals surface area contributed by atoms with Crippen LogP contribution in [0.4, 0.5) is 4.39 Å². The Bertz CT molecular complexity index is 719. The van der Waals surface area contributed by atoms with E-state index in [1.54, 1.807) is 25.3 Å². The summed E-state index contributed by atoms with van der Waals surface area (Å²) in [6.07, 6.45) is 1.00. The van der Waals surface area contributed by atoms with Gasteiger partial charge < -0.3 is 14.8 Å². The summed E-state index contributed by atoms with van der Waals surface area (Å²) in [5, 5.41) is 3.53. The van der Waals surface area contributed by atoms with E-state index in [1.165, 1.54) is 6.07 Å². The quantitative estimate of drug-likeness (QED) is 0.628. The van der Waals surface area contributed by atoms with Crippen LogP contribution < -0.4 is 14.8 Å². The molecule has 0 radical (unpaired) electrons. The number of ether oxygens (including phenoxy) is 2. The molecule has 0 spiro atoms. The summed E-state index contributed by atoms with van der Waals surface area (Å²) in [6, 6.07) is 10.4. The summed E-state index contributed by atoms with van der Waals surface area (Å²) >= 11 is 3.59. The monoisotopic (exact) mass is 409 g/mol. The Morgan fingerprint density at radius 2 is 1.88 bits per heavy atom. The zero-order valence-electron chi connectivity index (χ0n) is 15.2. The third-order valence-electron chi connectivity index (χ3n) is 4.34. The minimum Gasteiger partial charge on any atom is -0.493 e. The van der Waals surface area contributed by atoms with Gasteiger partial charge in [0.1, 0.15) is 12.4 Å². The molecule has 0 atom stereocenters. The average molecular weight is 410 g/mol. The van der Waals surface area contributed by atoms with E-state index in [0.29, 0.717) is 23.6 Å². The van der Waals surface area contributed by atoms with Crippen molar-refractivity contribution in [1.29, 1.82) is 0 Å². The van der Waals surface area contributed by atoms with Gasteiger partial charge in [-0.2, -0.15) is 0 Å². The fraction of sp³-hybridized carbons (Fsp3) is 0.400. The zero-order valence-corrected chi connectivity index (χ0v) is 16.7. The fourth-order valence-electron chi connectivity index (χ4n) is 2.28. The molecule has 2 aromatic carbocycles. The van der Waals surface area contributed by atoms with Crippen LogP contribution in [0.25, 0.3) is 0 Å². The first-order valence-corrected chi connectivity index (χ1v) is 9.14. The first-order valence-electron chi connectivity index (χ1n) is 8.34. The Kier molecular flexibility index (Phi) is 6.85. The first kappa shape index (κ1) is 19.7. The van der Waals surface area contributed by atoms with Gasteiger partial charge in [-0.25, -0.2) is 4.39 Å². The Labute approximate surface area is 157 Å². The number of hydrogen-bond donors (Lipinski definition) is 1. The molecule has 0 aromatic heterocycles. The van der Waals surface area contributed by atoms with Gasteiger partial charge in [0.2, 0.25) is 0 Å². The third-order valence-corrected chi connectivity index (χ3v) is 5.09. The lowest BCUT2D eigenvalue weighted by Gasteiger charge is -2.26. The van der Waals surface area contributed by atoms with E-state index in [0.717, 1.165) is 16.5 Å². The van der Waals surface area contributed by atoms with Crippen LogP contribution in [-0.4, -0.2) is 12.6 Å². The number of halogens is 2. The van der Waals surface area contributed by atoms with Crippen LogP contribution in [0.3, 0.4) is 0 Å². The number of benzene rings is 2. The SMILES string of the molecule is CCC(C)(C)NCc1c(Br)ccc(OC)c1OCc1ccccc1F. The molecule has 3 nitrogen and oxygen atoms in total. The van der Waals surface area contributed by atoms with Crippen LogP contribution in [0.5, 0.6) is 11.5 Å². The van der Waals surface area contributed by atoms with Gasteiger partial charge in [-0.05, 0) is 38.5 Å². The fourth-order valence-corrected chi connectivity index (χ4v) is 2.74. The maximum Gasteiger partial charge on any atom is 0.167 e. The van der Waals surface area contributed by atoms with Gasteiger partial charge in [-0.15, -0.1) is 0 Å². The molecule has 1 N–H and O–H groups in total. The highest BCUT2D eigenvalue weighted by atomic mass is 79.9. The Balaban J connectivity index is 2.28. The number of methoxy groups -OCH3 is 1. The number of hydrogen-bond acceptors (Lipinski definition) is 3. The van der Waals surface area contributed by atoms with Crippen molar-refractivity contribution in [1.82, 2.24) is 5.32 Å². The van der Waals surface area contributed by atoms with Crippen LogP contribution in [0.1, 0.15) is 38.3 Å². The van der Waals surface area contributed by atoms with Crippen molar-refractivity contribution in [2.45, 2.75) is 45.9 Å². The van der Waals surface area contributed by atoms with Crippen molar-refractivity contribution in [2.24, 2.45) is 0 Å². The van der Waals surface area contributed by atoms with Crippen LogP contribution in [0.2, 0.25) is 0 Å². The van der Waals surface area contributed by atoms with Crippen LogP contribution >= 0.6 is 15.9 Å². The lowest BCUT2D eigenvalue weighted by molar-refractivity contribution is 0.273. The summed E-state index contributed by atoms with van der Waals surface area (Å²) in [5.41, 5.74) is 1.47. The summed E-state index contributed by atoms with van der Waals surface area (Å²) in [5.74, 6) is 0.980. The molecular formula is C20H25BrFNO2. The molecular weight excluding hydrogens is 385 g/mol. The third kappa shape index (κ3) is 5.19. The van der Waals surface area contributed by atoms with Crippen LogP contribution in [0, 0.1) is 5.82 Å². The number of nitrogens with one attached hydrogen (secondary N) is 1. The summed E-state index contributed by atoms with van der Waals surface area (Å²) in [7, 11) is 1.60. The van der Waals surface area contributed by atoms with Crippen LogP contribution in [0.15, 0.2) is 40.9 Å². The standard InChI is InChI=1S/C20H25BrFNO2/c1-5-20(2,3)23-12-15-16(21)10-11-18(24-4)19(15)25-13-14-8-6-7-9-17(14)22/h6-11,23H,5,12-13H2,1-4H3. The van der Waals surface area contributed by atoms with Crippen LogP contribution in [-0.2, 0) is 13.2 Å². The summed E-state index contributed by atoms with van der Waals surface area (Å²) in [6.45, 7) is 7.21. The molecule has 0 heterocycles. The van der Waals surface area contributed by atoms with E-state index in [2.05, 4.69) is 42.0 Å². The van der Waals surface area contributed by atoms with Gasteiger partial charge in [0.25, 0.3) is 0 Å². The molecule has 0 amide bonds. The molecule has 2 rings (SSSR count). The van der Waals surface area contributed by atoms with Crippen molar-refractivity contribution in [3.8, 4) is 11.5 Å². The zero-order chi connectivity index (χ0) is 18.4. The maximum atomic E-state index is 13.9. The molecule has 0 unspecified atom stereocenters. The van der Waals surface area contributed by atoms with Gasteiger partial charge >= 0.3 is 0 Å². The predicted molar refractivity (Wildman–Crippen MR) is 103 cm³/mol. The topological polar surface area (TPSA) is 30.5 Å². The van der Waals surface area contributed by atoms with Crippen molar-refractivity contribution in [2.75, 3.05) is 7.11 Å². The van der Waals surface area contributed by atoms with Gasteiger partial charge in [-0.3, -0.25) is 0 Å². The lowest BCUT2D eigenvalue weighted by atomic mass is 10.0. The highest BCUT2D eigenvalue weighted by molar-refractivity contribution is 9.10. The van der Waals surface area contributed by atoms with Gasteiger partial charge in [-0.1, -0.05) is 41.1 Å². The van der Waals surface area contributed by atoms with Crippen molar-refractivity contribution < 1.29 is 13.9 Å². The molecule has 0 aliphatic carbocycles. The second-order valence-electron chi connectivity index (χ2n) is 6.53. The Hall–Kier alpha value is -1.59. The second kappa shape index (κ2) is 8.68. The molecule has 0 saturated carbocycles. The van der Waals surface area contributed by atoms with E-state index < -0.39 is 0 Å². The molecule has 0 saturated heterocycles. The molecule has 0 fully saturated rings. The molecule has 5 heteroatoms. The predicted octanol–water partition coefficient (Wildman–Crippen LogP) is 5.45.